The number of benzene rings is 2. The van der Waals surface area contributed by atoms with Gasteiger partial charge in [0.15, 0.2) is 0 Å². The van der Waals surface area contributed by atoms with Gasteiger partial charge >= 0.3 is 0 Å². The lowest BCUT2D eigenvalue weighted by Gasteiger charge is -2.25. The Morgan fingerprint density at radius 2 is 1.52 bits per heavy atom. The quantitative estimate of drug-likeness (QED) is 0.790. The average Bonchev–Trinajstić information content (AvgIpc) is 2.48. The molecule has 2 atom stereocenters. The first-order chi connectivity index (χ1) is 10.1. The molecule has 0 spiro atoms. The first kappa shape index (κ1) is 15.8. The summed E-state index contributed by atoms with van der Waals surface area (Å²) in [7, 11) is 2.05. The highest BCUT2D eigenvalue weighted by molar-refractivity contribution is 5.31. The van der Waals surface area contributed by atoms with Crippen LogP contribution in [0, 0.1) is 5.92 Å². The van der Waals surface area contributed by atoms with Gasteiger partial charge in [-0.25, -0.2) is 0 Å². The van der Waals surface area contributed by atoms with Crippen molar-refractivity contribution in [1.29, 1.82) is 0 Å². The van der Waals surface area contributed by atoms with Gasteiger partial charge in [-0.1, -0.05) is 75.4 Å². The Labute approximate surface area is 129 Å². The minimum absolute atomic E-state index is 0.347. The summed E-state index contributed by atoms with van der Waals surface area (Å²) in [4.78, 5) is 0. The van der Waals surface area contributed by atoms with Crippen molar-refractivity contribution in [1.82, 2.24) is 5.32 Å². The maximum Gasteiger partial charge on any atom is 0.0384 e. The van der Waals surface area contributed by atoms with E-state index in [1.54, 1.807) is 0 Å². The van der Waals surface area contributed by atoms with Gasteiger partial charge in [0.05, 0.1) is 0 Å². The van der Waals surface area contributed by atoms with Gasteiger partial charge in [0.1, 0.15) is 0 Å². The zero-order valence-electron chi connectivity index (χ0n) is 13.6. The van der Waals surface area contributed by atoms with Crippen LogP contribution in [0.5, 0.6) is 0 Å². The van der Waals surface area contributed by atoms with Crippen LogP contribution in [0.2, 0.25) is 0 Å². The summed E-state index contributed by atoms with van der Waals surface area (Å²) in [6, 6.07) is 20.1. The molecule has 0 aliphatic rings. The summed E-state index contributed by atoms with van der Waals surface area (Å²) in [5.74, 6) is 1.14. The molecule has 0 aromatic heterocycles. The molecule has 112 valence electrons. The van der Waals surface area contributed by atoms with Gasteiger partial charge < -0.3 is 5.32 Å². The van der Waals surface area contributed by atoms with E-state index in [0.717, 1.165) is 6.42 Å². The van der Waals surface area contributed by atoms with Crippen LogP contribution < -0.4 is 5.32 Å². The first-order valence-corrected chi connectivity index (χ1v) is 7.93. The van der Waals surface area contributed by atoms with Crippen LogP contribution >= 0.6 is 0 Å². The highest BCUT2D eigenvalue weighted by Gasteiger charge is 2.19. The maximum absolute atomic E-state index is 3.50. The summed E-state index contributed by atoms with van der Waals surface area (Å²) < 4.78 is 0. The number of likely N-dealkylation sites (N-methyl/N-ethyl adjacent to an activating group) is 1. The van der Waals surface area contributed by atoms with Crippen LogP contribution in [0.3, 0.4) is 0 Å². The van der Waals surface area contributed by atoms with Crippen molar-refractivity contribution in [2.75, 3.05) is 7.05 Å². The van der Waals surface area contributed by atoms with E-state index in [2.05, 4.69) is 87.7 Å². The van der Waals surface area contributed by atoms with E-state index in [1.807, 2.05) is 0 Å². The van der Waals surface area contributed by atoms with E-state index < -0.39 is 0 Å². The molecule has 0 saturated heterocycles. The van der Waals surface area contributed by atoms with Crippen LogP contribution in [0.25, 0.3) is 0 Å². The van der Waals surface area contributed by atoms with Crippen LogP contribution in [-0.2, 0) is 6.42 Å². The number of hydrogen-bond acceptors (Lipinski definition) is 1. The fraction of sp³-hybridized carbons (Fsp3) is 0.400. The molecule has 0 fully saturated rings. The molecule has 1 N–H and O–H groups in total. The minimum Gasteiger partial charge on any atom is -0.312 e. The lowest BCUT2D eigenvalue weighted by molar-refractivity contribution is 0.507. The molecule has 2 aromatic carbocycles. The molecule has 1 nitrogen and oxygen atoms in total. The second kappa shape index (κ2) is 7.42. The first-order valence-electron chi connectivity index (χ1n) is 7.93. The van der Waals surface area contributed by atoms with E-state index in [0.29, 0.717) is 17.9 Å². The van der Waals surface area contributed by atoms with Crippen molar-refractivity contribution < 1.29 is 0 Å². The Bertz CT molecular complexity index is 545. The molecule has 0 heterocycles. The van der Waals surface area contributed by atoms with Gasteiger partial charge in [0.25, 0.3) is 0 Å². The zero-order chi connectivity index (χ0) is 15.2. The van der Waals surface area contributed by atoms with Crippen molar-refractivity contribution in [2.24, 2.45) is 5.92 Å². The molecule has 0 radical (unpaired) electrons. The van der Waals surface area contributed by atoms with Gasteiger partial charge in [0.2, 0.25) is 0 Å². The average molecular weight is 281 g/mol. The summed E-state index contributed by atoms with van der Waals surface area (Å²) >= 11 is 0. The van der Waals surface area contributed by atoms with Crippen molar-refractivity contribution in [2.45, 2.75) is 39.2 Å². The van der Waals surface area contributed by atoms with Crippen molar-refractivity contribution in [3.05, 3.63) is 71.3 Å². The highest BCUT2D eigenvalue weighted by Crippen LogP contribution is 2.30. The Morgan fingerprint density at radius 1 is 0.857 bits per heavy atom. The monoisotopic (exact) mass is 281 g/mol. The second-order valence-corrected chi connectivity index (χ2v) is 6.31. The maximum atomic E-state index is 3.50. The zero-order valence-corrected chi connectivity index (χ0v) is 13.6. The van der Waals surface area contributed by atoms with E-state index in [4.69, 9.17) is 0 Å². The number of hydrogen-bond donors (Lipinski definition) is 1. The molecule has 1 heteroatoms. The van der Waals surface area contributed by atoms with Gasteiger partial charge in [0, 0.05) is 12.0 Å². The SMILES string of the molecule is CNC(c1cccc(CC(C)C)c1)C(C)c1ccccc1. The summed E-state index contributed by atoms with van der Waals surface area (Å²) in [5.41, 5.74) is 4.20. The molecule has 0 saturated carbocycles. The van der Waals surface area contributed by atoms with Gasteiger partial charge in [-0.3, -0.25) is 0 Å². The summed E-state index contributed by atoms with van der Waals surface area (Å²) in [5, 5.41) is 3.50. The molecule has 0 amide bonds. The lowest BCUT2D eigenvalue weighted by atomic mass is 9.87. The predicted molar refractivity (Wildman–Crippen MR) is 91.6 cm³/mol. The third kappa shape index (κ3) is 4.18. The predicted octanol–water partition coefficient (Wildman–Crippen LogP) is 4.95. The van der Waals surface area contributed by atoms with Gasteiger partial charge in [-0.15, -0.1) is 0 Å². The van der Waals surface area contributed by atoms with E-state index >= 15 is 0 Å². The molecule has 0 aliphatic carbocycles. The van der Waals surface area contributed by atoms with E-state index in [9.17, 15) is 0 Å². The fourth-order valence-corrected chi connectivity index (χ4v) is 3.04. The molecule has 21 heavy (non-hydrogen) atoms. The highest BCUT2D eigenvalue weighted by atomic mass is 14.9. The molecule has 2 rings (SSSR count). The standard InChI is InChI=1S/C20H27N/c1-15(2)13-17-9-8-12-19(14-17)20(21-4)16(3)18-10-6-5-7-11-18/h5-12,14-16,20-21H,13H2,1-4H3. The van der Waals surface area contributed by atoms with E-state index in [1.165, 1.54) is 16.7 Å². The van der Waals surface area contributed by atoms with Gasteiger partial charge in [-0.2, -0.15) is 0 Å². The third-order valence-electron chi connectivity index (χ3n) is 4.09. The molecule has 2 unspecified atom stereocenters. The fourth-order valence-electron chi connectivity index (χ4n) is 3.04. The summed E-state index contributed by atoms with van der Waals surface area (Å²) in [6.07, 6.45) is 1.14. The van der Waals surface area contributed by atoms with Crippen LogP contribution in [-0.4, -0.2) is 7.05 Å². The molecule has 0 bridgehead atoms. The summed E-state index contributed by atoms with van der Waals surface area (Å²) in [6.45, 7) is 6.84. The topological polar surface area (TPSA) is 12.0 Å². The van der Waals surface area contributed by atoms with Gasteiger partial charge in [-0.05, 0) is 36.1 Å². The van der Waals surface area contributed by atoms with Crippen LogP contribution in [0.4, 0.5) is 0 Å². The Hall–Kier alpha value is -1.60. The molecule has 2 aromatic rings. The van der Waals surface area contributed by atoms with E-state index in [-0.39, 0.29) is 0 Å². The molecular weight excluding hydrogens is 254 g/mol. The van der Waals surface area contributed by atoms with Crippen molar-refractivity contribution in [3.8, 4) is 0 Å². The third-order valence-corrected chi connectivity index (χ3v) is 4.09. The smallest absolute Gasteiger partial charge is 0.0384 e. The van der Waals surface area contributed by atoms with Crippen molar-refractivity contribution >= 4 is 0 Å². The minimum atomic E-state index is 0.347. The molecule has 0 aliphatic heterocycles. The second-order valence-electron chi connectivity index (χ2n) is 6.31. The number of rotatable bonds is 6. The lowest BCUT2D eigenvalue weighted by Crippen LogP contribution is -2.22. The van der Waals surface area contributed by atoms with Crippen LogP contribution in [0.15, 0.2) is 54.6 Å². The Morgan fingerprint density at radius 3 is 2.14 bits per heavy atom. The normalized spacial score (nSPS) is 14.1. The molecular formula is C20H27N. The largest absolute Gasteiger partial charge is 0.312 e. The van der Waals surface area contributed by atoms with Crippen LogP contribution in [0.1, 0.15) is 49.4 Å². The van der Waals surface area contributed by atoms with Crippen molar-refractivity contribution in [3.63, 3.8) is 0 Å². The Kier molecular flexibility index (Phi) is 5.58. The number of nitrogens with one attached hydrogen (secondary N) is 1. The Balaban J connectivity index is 2.25.